The molecule has 0 aromatic heterocycles. The summed E-state index contributed by atoms with van der Waals surface area (Å²) in [6, 6.07) is 6.14. The molecule has 3 rings (SSSR count). The lowest BCUT2D eigenvalue weighted by molar-refractivity contribution is -0.117. The van der Waals surface area contributed by atoms with Crippen molar-refractivity contribution in [2.45, 2.75) is 37.7 Å². The largest absolute Gasteiger partial charge is 0.478 e. The maximum atomic E-state index is 12.6. The van der Waals surface area contributed by atoms with Gasteiger partial charge in [0.25, 0.3) is 5.91 Å². The number of carbonyl (C=O) groups excluding carboxylic acids is 1. The van der Waals surface area contributed by atoms with Gasteiger partial charge in [-0.15, -0.1) is 0 Å². The summed E-state index contributed by atoms with van der Waals surface area (Å²) in [5.41, 5.74) is 0.577. The zero-order valence-electron chi connectivity index (χ0n) is 12.6. The summed E-state index contributed by atoms with van der Waals surface area (Å²) in [6.07, 6.45) is 5.61. The Morgan fingerprint density at radius 3 is 2.32 bits per heavy atom. The van der Waals surface area contributed by atoms with Gasteiger partial charge in [-0.1, -0.05) is 19.3 Å². The third-order valence-corrected chi connectivity index (χ3v) is 4.68. The second-order valence-corrected chi connectivity index (χ2v) is 6.20. The van der Waals surface area contributed by atoms with E-state index in [4.69, 9.17) is 9.84 Å². The summed E-state index contributed by atoms with van der Waals surface area (Å²) in [7, 11) is 0. The molecule has 1 aliphatic heterocycles. The van der Waals surface area contributed by atoms with E-state index in [0.717, 1.165) is 25.7 Å². The van der Waals surface area contributed by atoms with Crippen LogP contribution in [0.3, 0.4) is 0 Å². The molecule has 1 amide bonds. The highest BCUT2D eigenvalue weighted by Gasteiger charge is 2.39. The summed E-state index contributed by atoms with van der Waals surface area (Å²) < 4.78 is 6.00. The van der Waals surface area contributed by atoms with Crippen LogP contribution >= 0.6 is 0 Å². The topological polar surface area (TPSA) is 66.8 Å². The van der Waals surface area contributed by atoms with E-state index in [2.05, 4.69) is 0 Å². The lowest BCUT2D eigenvalue weighted by atomic mass is 9.83. The number of nitrogens with zero attached hydrogens (tertiary/aromatic N) is 1. The molecule has 0 atom stereocenters. The SMILES string of the molecule is O=C(O)c1ccc(C(=O)N2CCOC3(CCCCC3)C2)cc1. The number of benzene rings is 1. The summed E-state index contributed by atoms with van der Waals surface area (Å²) >= 11 is 0. The Kier molecular flexibility index (Phi) is 4.16. The zero-order valence-corrected chi connectivity index (χ0v) is 12.6. The van der Waals surface area contributed by atoms with E-state index in [9.17, 15) is 9.59 Å². The van der Waals surface area contributed by atoms with E-state index in [1.807, 2.05) is 4.90 Å². The molecular weight excluding hydrogens is 282 g/mol. The van der Waals surface area contributed by atoms with Gasteiger partial charge in [-0.05, 0) is 37.1 Å². The van der Waals surface area contributed by atoms with Gasteiger partial charge in [0.2, 0.25) is 0 Å². The van der Waals surface area contributed by atoms with E-state index in [0.29, 0.717) is 25.3 Å². The van der Waals surface area contributed by atoms with Crippen molar-refractivity contribution in [2.24, 2.45) is 0 Å². The average Bonchev–Trinajstić information content (AvgIpc) is 2.55. The molecule has 0 radical (unpaired) electrons. The van der Waals surface area contributed by atoms with Crippen molar-refractivity contribution in [3.8, 4) is 0 Å². The number of amides is 1. The van der Waals surface area contributed by atoms with E-state index in [-0.39, 0.29) is 17.1 Å². The second-order valence-electron chi connectivity index (χ2n) is 6.20. The van der Waals surface area contributed by atoms with Crippen LogP contribution in [-0.4, -0.2) is 47.2 Å². The minimum atomic E-state index is -0.980. The van der Waals surface area contributed by atoms with Crippen LogP contribution in [0, 0.1) is 0 Å². The van der Waals surface area contributed by atoms with Crippen molar-refractivity contribution in [1.82, 2.24) is 4.90 Å². The molecule has 118 valence electrons. The van der Waals surface area contributed by atoms with Crippen LogP contribution in [0.2, 0.25) is 0 Å². The van der Waals surface area contributed by atoms with Gasteiger partial charge in [0, 0.05) is 12.1 Å². The van der Waals surface area contributed by atoms with Crippen molar-refractivity contribution < 1.29 is 19.4 Å². The first-order valence-corrected chi connectivity index (χ1v) is 7.86. The lowest BCUT2D eigenvalue weighted by Crippen LogP contribution is -2.54. The smallest absolute Gasteiger partial charge is 0.335 e. The fourth-order valence-corrected chi connectivity index (χ4v) is 3.45. The number of hydrogen-bond acceptors (Lipinski definition) is 3. The molecule has 0 bridgehead atoms. The first-order valence-electron chi connectivity index (χ1n) is 7.86. The Bertz CT molecular complexity index is 555. The van der Waals surface area contributed by atoms with Crippen LogP contribution in [0.5, 0.6) is 0 Å². The van der Waals surface area contributed by atoms with Crippen LogP contribution in [0.25, 0.3) is 0 Å². The Labute approximate surface area is 129 Å². The highest BCUT2D eigenvalue weighted by molar-refractivity contribution is 5.96. The quantitative estimate of drug-likeness (QED) is 0.912. The van der Waals surface area contributed by atoms with Gasteiger partial charge >= 0.3 is 5.97 Å². The molecule has 0 unspecified atom stereocenters. The van der Waals surface area contributed by atoms with Crippen LogP contribution < -0.4 is 0 Å². The van der Waals surface area contributed by atoms with Crippen molar-refractivity contribution in [2.75, 3.05) is 19.7 Å². The van der Waals surface area contributed by atoms with Gasteiger partial charge in [0.05, 0.1) is 24.3 Å². The number of carboxylic acids is 1. The van der Waals surface area contributed by atoms with E-state index in [1.165, 1.54) is 18.6 Å². The molecular formula is C17H21NO4. The van der Waals surface area contributed by atoms with Crippen molar-refractivity contribution >= 4 is 11.9 Å². The molecule has 1 saturated carbocycles. The molecule has 5 heteroatoms. The van der Waals surface area contributed by atoms with Crippen LogP contribution in [-0.2, 0) is 4.74 Å². The van der Waals surface area contributed by atoms with Crippen LogP contribution in [0.4, 0.5) is 0 Å². The molecule has 2 aliphatic rings. The molecule has 1 aromatic carbocycles. The number of aromatic carboxylic acids is 1. The van der Waals surface area contributed by atoms with Crippen molar-refractivity contribution in [3.05, 3.63) is 35.4 Å². The van der Waals surface area contributed by atoms with E-state index < -0.39 is 5.97 Å². The number of hydrogen-bond donors (Lipinski definition) is 1. The zero-order chi connectivity index (χ0) is 15.6. The monoisotopic (exact) mass is 303 g/mol. The minimum absolute atomic E-state index is 0.0369. The van der Waals surface area contributed by atoms with E-state index >= 15 is 0 Å². The first kappa shape index (κ1) is 15.0. The highest BCUT2D eigenvalue weighted by atomic mass is 16.5. The van der Waals surface area contributed by atoms with Crippen LogP contribution in [0.1, 0.15) is 52.8 Å². The fourth-order valence-electron chi connectivity index (χ4n) is 3.45. The summed E-state index contributed by atoms with van der Waals surface area (Å²) in [5, 5.41) is 8.92. The average molecular weight is 303 g/mol. The molecule has 1 spiro atoms. The van der Waals surface area contributed by atoms with Gasteiger partial charge < -0.3 is 14.7 Å². The molecule has 2 fully saturated rings. The van der Waals surface area contributed by atoms with Gasteiger partial charge in [0.15, 0.2) is 0 Å². The molecule has 22 heavy (non-hydrogen) atoms. The molecule has 5 nitrogen and oxygen atoms in total. The summed E-state index contributed by atoms with van der Waals surface area (Å²) in [4.78, 5) is 25.4. The molecule has 1 N–H and O–H groups in total. The van der Waals surface area contributed by atoms with Gasteiger partial charge in [-0.3, -0.25) is 4.79 Å². The molecule has 1 saturated heterocycles. The van der Waals surface area contributed by atoms with Crippen molar-refractivity contribution in [3.63, 3.8) is 0 Å². The van der Waals surface area contributed by atoms with Crippen LogP contribution in [0.15, 0.2) is 24.3 Å². The Morgan fingerprint density at radius 1 is 1.05 bits per heavy atom. The van der Waals surface area contributed by atoms with Gasteiger partial charge in [-0.2, -0.15) is 0 Å². The molecule has 1 heterocycles. The summed E-state index contributed by atoms with van der Waals surface area (Å²) in [5.74, 6) is -1.02. The van der Waals surface area contributed by atoms with E-state index in [1.54, 1.807) is 12.1 Å². The predicted octanol–water partition coefficient (Wildman–Crippen LogP) is 2.56. The normalized spacial score (nSPS) is 20.8. The fraction of sp³-hybridized carbons (Fsp3) is 0.529. The summed E-state index contributed by atoms with van der Waals surface area (Å²) in [6.45, 7) is 1.83. The Morgan fingerprint density at radius 2 is 1.68 bits per heavy atom. The number of carbonyl (C=O) groups is 2. The second kappa shape index (κ2) is 6.08. The third kappa shape index (κ3) is 2.99. The number of rotatable bonds is 2. The Balaban J connectivity index is 1.72. The maximum absolute atomic E-state index is 12.6. The first-order chi connectivity index (χ1) is 10.6. The number of carboxylic acid groups (broad SMARTS) is 1. The molecule has 1 aromatic rings. The number of ether oxygens (including phenoxy) is 1. The maximum Gasteiger partial charge on any atom is 0.335 e. The minimum Gasteiger partial charge on any atom is -0.478 e. The Hall–Kier alpha value is -1.88. The third-order valence-electron chi connectivity index (χ3n) is 4.68. The standard InChI is InChI=1S/C17H21NO4/c19-15(13-4-6-14(7-5-13)16(20)21)18-10-11-22-17(12-18)8-2-1-3-9-17/h4-7H,1-3,8-12H2,(H,20,21). The highest BCUT2D eigenvalue weighted by Crippen LogP contribution is 2.34. The molecule has 1 aliphatic carbocycles. The van der Waals surface area contributed by atoms with Gasteiger partial charge in [0.1, 0.15) is 0 Å². The lowest BCUT2D eigenvalue weighted by Gasteiger charge is -2.45. The predicted molar refractivity (Wildman–Crippen MR) is 81.1 cm³/mol. The van der Waals surface area contributed by atoms with Crippen molar-refractivity contribution in [1.29, 1.82) is 0 Å². The number of morpholine rings is 1. The van der Waals surface area contributed by atoms with Gasteiger partial charge in [-0.25, -0.2) is 4.79 Å².